The number of rotatable bonds is 7. The van der Waals surface area contributed by atoms with E-state index in [9.17, 15) is 0 Å². The monoisotopic (exact) mass is 348 g/mol. The van der Waals surface area contributed by atoms with Crippen molar-refractivity contribution in [1.29, 1.82) is 0 Å². The van der Waals surface area contributed by atoms with E-state index in [-0.39, 0.29) is 0 Å². The molecule has 2 aromatic rings. The maximum absolute atomic E-state index is 5.07. The third-order valence-corrected chi connectivity index (χ3v) is 3.84. The molecule has 0 heterocycles. The van der Waals surface area contributed by atoms with Gasteiger partial charge in [0.15, 0.2) is 0 Å². The van der Waals surface area contributed by atoms with E-state index >= 15 is 0 Å². The highest BCUT2D eigenvalue weighted by Gasteiger charge is 2.09. The standard InChI is InChI=1S/C17H21BrN2O/c1-20(16-6-4-3-5-7-16)17-12-15(18)9-8-14(17)13-19-10-11-21-2/h3-9,12,19H,10-11,13H2,1-2H3. The summed E-state index contributed by atoms with van der Waals surface area (Å²) in [6.45, 7) is 2.39. The highest BCUT2D eigenvalue weighted by molar-refractivity contribution is 9.10. The number of nitrogens with one attached hydrogen (secondary N) is 1. The first-order valence-corrected chi connectivity index (χ1v) is 7.78. The minimum absolute atomic E-state index is 0.723. The van der Waals surface area contributed by atoms with E-state index in [0.29, 0.717) is 0 Å². The van der Waals surface area contributed by atoms with Crippen molar-refractivity contribution in [2.45, 2.75) is 6.54 Å². The molecule has 0 aliphatic carbocycles. The molecule has 3 nitrogen and oxygen atoms in total. The van der Waals surface area contributed by atoms with Gasteiger partial charge in [0.25, 0.3) is 0 Å². The zero-order valence-corrected chi connectivity index (χ0v) is 14.1. The number of methoxy groups -OCH3 is 1. The highest BCUT2D eigenvalue weighted by Crippen LogP contribution is 2.29. The zero-order chi connectivity index (χ0) is 15.1. The molecular formula is C17H21BrN2O. The first kappa shape index (κ1) is 16.0. The number of para-hydroxylation sites is 1. The van der Waals surface area contributed by atoms with Gasteiger partial charge in [0, 0.05) is 43.1 Å². The molecule has 0 fully saturated rings. The van der Waals surface area contributed by atoms with Crippen LogP contribution in [0.5, 0.6) is 0 Å². The lowest BCUT2D eigenvalue weighted by molar-refractivity contribution is 0.199. The van der Waals surface area contributed by atoms with Crippen LogP contribution >= 0.6 is 15.9 Å². The maximum atomic E-state index is 5.07. The minimum atomic E-state index is 0.723. The van der Waals surface area contributed by atoms with Crippen molar-refractivity contribution >= 4 is 27.3 Å². The number of anilines is 2. The number of hydrogen-bond acceptors (Lipinski definition) is 3. The van der Waals surface area contributed by atoms with E-state index in [2.05, 4.69) is 75.7 Å². The molecule has 0 spiro atoms. The molecule has 0 aliphatic heterocycles. The molecule has 0 amide bonds. The quantitative estimate of drug-likeness (QED) is 0.766. The van der Waals surface area contributed by atoms with Crippen LogP contribution in [0.4, 0.5) is 11.4 Å². The summed E-state index contributed by atoms with van der Waals surface area (Å²) in [4.78, 5) is 2.21. The van der Waals surface area contributed by atoms with Crippen LogP contribution in [0, 0.1) is 0 Å². The Labute approximate surface area is 135 Å². The first-order valence-electron chi connectivity index (χ1n) is 6.99. The van der Waals surface area contributed by atoms with Crippen LogP contribution in [0.2, 0.25) is 0 Å². The van der Waals surface area contributed by atoms with E-state index in [1.165, 1.54) is 16.9 Å². The van der Waals surface area contributed by atoms with Gasteiger partial charge < -0.3 is 15.0 Å². The van der Waals surface area contributed by atoms with Crippen molar-refractivity contribution < 1.29 is 4.74 Å². The predicted molar refractivity (Wildman–Crippen MR) is 92.2 cm³/mol. The van der Waals surface area contributed by atoms with Crippen LogP contribution in [0.3, 0.4) is 0 Å². The normalized spacial score (nSPS) is 10.6. The van der Waals surface area contributed by atoms with Crippen molar-refractivity contribution in [2.75, 3.05) is 32.2 Å². The van der Waals surface area contributed by atoms with E-state index in [0.717, 1.165) is 24.2 Å². The molecule has 0 aromatic heterocycles. The van der Waals surface area contributed by atoms with Crippen LogP contribution in [0.1, 0.15) is 5.56 Å². The number of halogens is 1. The average molecular weight is 349 g/mol. The molecule has 0 saturated carbocycles. The Hall–Kier alpha value is -1.36. The van der Waals surface area contributed by atoms with Crippen molar-refractivity contribution in [2.24, 2.45) is 0 Å². The van der Waals surface area contributed by atoms with Crippen molar-refractivity contribution in [1.82, 2.24) is 5.32 Å². The van der Waals surface area contributed by atoms with Gasteiger partial charge in [0.2, 0.25) is 0 Å². The number of ether oxygens (including phenoxy) is 1. The van der Waals surface area contributed by atoms with Crippen molar-refractivity contribution in [3.8, 4) is 0 Å². The zero-order valence-electron chi connectivity index (χ0n) is 12.5. The third kappa shape index (κ3) is 4.56. The second-order valence-corrected chi connectivity index (χ2v) is 5.75. The number of benzene rings is 2. The second kappa shape index (κ2) is 8.17. The molecular weight excluding hydrogens is 328 g/mol. The lowest BCUT2D eigenvalue weighted by Gasteiger charge is -2.23. The molecule has 112 valence electrons. The molecule has 4 heteroatoms. The molecule has 2 rings (SSSR count). The van der Waals surface area contributed by atoms with Crippen molar-refractivity contribution in [3.05, 3.63) is 58.6 Å². The average Bonchev–Trinajstić information content (AvgIpc) is 2.53. The summed E-state index contributed by atoms with van der Waals surface area (Å²) in [6, 6.07) is 16.8. The summed E-state index contributed by atoms with van der Waals surface area (Å²) in [5.41, 5.74) is 3.63. The van der Waals surface area contributed by atoms with Gasteiger partial charge in [-0.3, -0.25) is 0 Å². The topological polar surface area (TPSA) is 24.5 Å². The number of nitrogens with zero attached hydrogens (tertiary/aromatic N) is 1. The summed E-state index contributed by atoms with van der Waals surface area (Å²) in [5, 5.41) is 3.40. The van der Waals surface area contributed by atoms with E-state index in [1.54, 1.807) is 7.11 Å². The predicted octanol–water partition coefficient (Wildman–Crippen LogP) is 3.95. The van der Waals surface area contributed by atoms with E-state index < -0.39 is 0 Å². The van der Waals surface area contributed by atoms with Gasteiger partial charge in [0.05, 0.1) is 6.61 Å². The molecule has 0 saturated heterocycles. The summed E-state index contributed by atoms with van der Waals surface area (Å²) in [7, 11) is 3.81. The fraction of sp³-hybridized carbons (Fsp3) is 0.294. The van der Waals surface area contributed by atoms with Gasteiger partial charge in [-0.05, 0) is 29.8 Å². The van der Waals surface area contributed by atoms with E-state index in [1.807, 2.05) is 6.07 Å². The Morgan fingerprint density at radius 2 is 1.90 bits per heavy atom. The molecule has 1 N–H and O–H groups in total. The SMILES string of the molecule is COCCNCc1ccc(Br)cc1N(C)c1ccccc1. The van der Waals surface area contributed by atoms with Crippen LogP contribution < -0.4 is 10.2 Å². The summed E-state index contributed by atoms with van der Waals surface area (Å²) in [5.74, 6) is 0. The van der Waals surface area contributed by atoms with Crippen LogP contribution in [-0.2, 0) is 11.3 Å². The minimum Gasteiger partial charge on any atom is -0.383 e. The molecule has 21 heavy (non-hydrogen) atoms. The summed E-state index contributed by atoms with van der Waals surface area (Å²) in [6.07, 6.45) is 0. The van der Waals surface area contributed by atoms with Gasteiger partial charge in [-0.15, -0.1) is 0 Å². The fourth-order valence-electron chi connectivity index (χ4n) is 2.19. The van der Waals surface area contributed by atoms with Gasteiger partial charge >= 0.3 is 0 Å². The van der Waals surface area contributed by atoms with Crippen LogP contribution in [-0.4, -0.2) is 27.3 Å². The van der Waals surface area contributed by atoms with Gasteiger partial charge in [-0.25, -0.2) is 0 Å². The molecule has 2 aromatic carbocycles. The summed E-state index contributed by atoms with van der Waals surface area (Å²) < 4.78 is 6.15. The molecule has 0 radical (unpaired) electrons. The lowest BCUT2D eigenvalue weighted by atomic mass is 10.1. The summed E-state index contributed by atoms with van der Waals surface area (Å²) >= 11 is 3.56. The Morgan fingerprint density at radius 1 is 1.14 bits per heavy atom. The highest BCUT2D eigenvalue weighted by atomic mass is 79.9. The van der Waals surface area contributed by atoms with Crippen LogP contribution in [0.25, 0.3) is 0 Å². The van der Waals surface area contributed by atoms with E-state index in [4.69, 9.17) is 4.74 Å². The maximum Gasteiger partial charge on any atom is 0.0587 e. The largest absolute Gasteiger partial charge is 0.383 e. The number of hydrogen-bond donors (Lipinski definition) is 1. The van der Waals surface area contributed by atoms with Gasteiger partial charge in [-0.1, -0.05) is 40.2 Å². The Bertz CT molecular complexity index is 560. The van der Waals surface area contributed by atoms with Gasteiger partial charge in [0.1, 0.15) is 0 Å². The second-order valence-electron chi connectivity index (χ2n) is 4.84. The first-order chi connectivity index (χ1) is 10.2. The Kier molecular flexibility index (Phi) is 6.23. The Morgan fingerprint density at radius 3 is 2.62 bits per heavy atom. The van der Waals surface area contributed by atoms with Crippen molar-refractivity contribution in [3.63, 3.8) is 0 Å². The lowest BCUT2D eigenvalue weighted by Crippen LogP contribution is -2.20. The Balaban J connectivity index is 2.18. The molecule has 0 unspecified atom stereocenters. The molecule has 0 aliphatic rings. The fourth-order valence-corrected chi connectivity index (χ4v) is 2.54. The third-order valence-electron chi connectivity index (χ3n) is 3.35. The van der Waals surface area contributed by atoms with Gasteiger partial charge in [-0.2, -0.15) is 0 Å². The molecule has 0 atom stereocenters. The molecule has 0 bridgehead atoms. The smallest absolute Gasteiger partial charge is 0.0587 e. The van der Waals surface area contributed by atoms with Crippen LogP contribution in [0.15, 0.2) is 53.0 Å².